The maximum atomic E-state index is 13.0. The predicted octanol–water partition coefficient (Wildman–Crippen LogP) is 4.54. The number of carboxylic acid groups (broad SMARTS) is 1. The molecule has 0 unspecified atom stereocenters. The molecule has 6 nitrogen and oxygen atoms in total. The van der Waals surface area contributed by atoms with Crippen LogP contribution in [0.25, 0.3) is 11.1 Å². The van der Waals surface area contributed by atoms with Gasteiger partial charge in [-0.1, -0.05) is 60.7 Å². The average Bonchev–Trinajstić information content (AvgIpc) is 3.11. The molecule has 0 heterocycles. The van der Waals surface area contributed by atoms with Gasteiger partial charge in [-0.25, -0.2) is 9.59 Å². The van der Waals surface area contributed by atoms with Crippen LogP contribution in [0, 0.1) is 0 Å². The van der Waals surface area contributed by atoms with Crippen molar-refractivity contribution in [1.82, 2.24) is 0 Å². The molecular formula is C28H29NO5. The van der Waals surface area contributed by atoms with E-state index in [1.165, 1.54) is 0 Å². The fraction of sp³-hybridized carbons (Fsp3) is 0.286. The quantitative estimate of drug-likeness (QED) is 0.397. The number of hydrogen-bond acceptors (Lipinski definition) is 5. The van der Waals surface area contributed by atoms with Crippen LogP contribution in [0.4, 0.5) is 0 Å². The van der Waals surface area contributed by atoms with Crippen molar-refractivity contribution in [3.63, 3.8) is 0 Å². The van der Waals surface area contributed by atoms with Crippen LogP contribution in [0.1, 0.15) is 43.4 Å². The monoisotopic (exact) mass is 459 g/mol. The summed E-state index contributed by atoms with van der Waals surface area (Å²) in [7, 11) is 0. The number of nitrogens with two attached hydrogens (primary N) is 1. The van der Waals surface area contributed by atoms with Crippen LogP contribution in [0.3, 0.4) is 0 Å². The summed E-state index contributed by atoms with van der Waals surface area (Å²) < 4.78 is 11.4. The zero-order valence-electron chi connectivity index (χ0n) is 19.6. The van der Waals surface area contributed by atoms with Crippen molar-refractivity contribution in [2.45, 2.75) is 44.2 Å². The molecule has 0 spiro atoms. The van der Waals surface area contributed by atoms with E-state index in [9.17, 15) is 14.7 Å². The predicted molar refractivity (Wildman–Crippen MR) is 130 cm³/mol. The topological polar surface area (TPSA) is 98.9 Å². The summed E-state index contributed by atoms with van der Waals surface area (Å²) in [6.07, 6.45) is -0.200. The molecular weight excluding hydrogens is 430 g/mol. The van der Waals surface area contributed by atoms with E-state index in [1.807, 2.05) is 69.3 Å². The molecule has 1 atom stereocenters. The lowest BCUT2D eigenvalue weighted by Crippen LogP contribution is -2.57. The molecule has 6 heteroatoms. The van der Waals surface area contributed by atoms with Crippen LogP contribution >= 0.6 is 0 Å². The lowest BCUT2D eigenvalue weighted by atomic mass is 9.91. The Morgan fingerprint density at radius 1 is 0.882 bits per heavy atom. The van der Waals surface area contributed by atoms with Crippen molar-refractivity contribution in [1.29, 1.82) is 0 Å². The highest BCUT2D eigenvalue weighted by Gasteiger charge is 2.45. The van der Waals surface area contributed by atoms with Crippen LogP contribution in [0.5, 0.6) is 5.75 Å². The molecule has 0 aliphatic heterocycles. The Bertz CT molecular complexity index is 1170. The number of aliphatic carboxylic acids is 1. The molecule has 0 radical (unpaired) electrons. The number of hydrogen-bond donors (Lipinski definition) is 2. The lowest BCUT2D eigenvalue weighted by Gasteiger charge is -2.25. The van der Waals surface area contributed by atoms with Crippen LogP contribution in [-0.2, 0) is 20.7 Å². The molecule has 1 aliphatic carbocycles. The maximum Gasteiger partial charge on any atom is 0.338 e. The smallest absolute Gasteiger partial charge is 0.338 e. The first-order valence-electron chi connectivity index (χ1n) is 11.2. The van der Waals surface area contributed by atoms with Crippen LogP contribution in [-0.4, -0.2) is 34.8 Å². The second kappa shape index (κ2) is 8.95. The van der Waals surface area contributed by atoms with Crippen molar-refractivity contribution in [3.05, 3.63) is 89.5 Å². The Morgan fingerprint density at radius 3 is 1.91 bits per heavy atom. The van der Waals surface area contributed by atoms with Gasteiger partial charge in [0.05, 0.1) is 0 Å². The number of fused-ring (bicyclic) bond motifs is 3. The minimum absolute atomic E-state index is 0.0114. The second-order valence-corrected chi connectivity index (χ2v) is 9.64. The van der Waals surface area contributed by atoms with Gasteiger partial charge >= 0.3 is 11.9 Å². The number of carbonyl (C=O) groups excluding carboxylic acids is 1. The summed E-state index contributed by atoms with van der Waals surface area (Å²) >= 11 is 0. The third-order valence-corrected chi connectivity index (χ3v) is 5.92. The number of carbonyl (C=O) groups is 2. The Hall–Kier alpha value is -3.64. The third-order valence-electron chi connectivity index (χ3n) is 5.92. The Balaban J connectivity index is 1.50. The zero-order valence-corrected chi connectivity index (χ0v) is 19.6. The highest BCUT2D eigenvalue weighted by atomic mass is 16.5. The van der Waals surface area contributed by atoms with Gasteiger partial charge in [0.1, 0.15) is 18.0 Å². The molecule has 3 aromatic carbocycles. The maximum absolute atomic E-state index is 13.0. The van der Waals surface area contributed by atoms with Gasteiger partial charge < -0.3 is 20.3 Å². The SMILES string of the molecule is CC(C)(C)Oc1ccc(C[C@](N)(C(=O)O)C(=O)OCC2c3ccccc3-c3ccccc32)cc1. The average molecular weight is 460 g/mol. The first kappa shape index (κ1) is 23.5. The van der Waals surface area contributed by atoms with Gasteiger partial charge in [0.2, 0.25) is 5.54 Å². The van der Waals surface area contributed by atoms with Crippen molar-refractivity contribution < 1.29 is 24.2 Å². The van der Waals surface area contributed by atoms with Crippen LogP contribution in [0.15, 0.2) is 72.8 Å². The minimum Gasteiger partial charge on any atom is -0.488 e. The molecule has 4 rings (SSSR count). The molecule has 0 fully saturated rings. The Kier molecular flexibility index (Phi) is 6.19. The zero-order chi connectivity index (χ0) is 24.5. The number of carboxylic acids is 1. The molecule has 3 N–H and O–H groups in total. The van der Waals surface area contributed by atoms with Crippen molar-refractivity contribution in [2.75, 3.05) is 6.61 Å². The van der Waals surface area contributed by atoms with E-state index < -0.39 is 17.5 Å². The summed E-state index contributed by atoms with van der Waals surface area (Å²) in [5, 5.41) is 9.83. The standard InChI is InChI=1S/C28H29NO5/c1-27(2,3)34-19-14-12-18(13-15-19)16-28(29,25(30)31)26(32)33-17-24-22-10-6-4-8-20(22)21-9-5-7-11-23(21)24/h4-15,24H,16-17,29H2,1-3H3,(H,30,31)/t28-/m0/s1. The molecule has 3 aromatic rings. The summed E-state index contributed by atoms with van der Waals surface area (Å²) in [5.41, 5.74) is 8.43. The molecule has 0 saturated heterocycles. The summed E-state index contributed by atoms with van der Waals surface area (Å²) in [5.74, 6) is -1.92. The summed E-state index contributed by atoms with van der Waals surface area (Å²) in [4.78, 5) is 25.1. The molecule has 0 aromatic heterocycles. The molecule has 176 valence electrons. The minimum atomic E-state index is -2.20. The van der Waals surface area contributed by atoms with E-state index in [4.69, 9.17) is 15.2 Å². The fourth-order valence-electron chi connectivity index (χ4n) is 4.31. The van der Waals surface area contributed by atoms with Gasteiger partial charge in [-0.15, -0.1) is 0 Å². The second-order valence-electron chi connectivity index (χ2n) is 9.64. The number of benzene rings is 3. The Morgan fingerprint density at radius 2 is 1.41 bits per heavy atom. The molecule has 1 aliphatic rings. The highest BCUT2D eigenvalue weighted by molar-refractivity contribution is 6.04. The van der Waals surface area contributed by atoms with Crippen LogP contribution in [0.2, 0.25) is 0 Å². The van der Waals surface area contributed by atoms with Crippen molar-refractivity contribution in [2.24, 2.45) is 5.73 Å². The first-order valence-corrected chi connectivity index (χ1v) is 11.2. The molecule has 34 heavy (non-hydrogen) atoms. The normalized spacial score (nSPS) is 14.6. The van der Waals surface area contributed by atoms with Gasteiger partial charge in [0.25, 0.3) is 0 Å². The van der Waals surface area contributed by atoms with E-state index in [0.29, 0.717) is 11.3 Å². The fourth-order valence-corrected chi connectivity index (χ4v) is 4.31. The number of rotatable bonds is 7. The van der Waals surface area contributed by atoms with Crippen molar-refractivity contribution in [3.8, 4) is 16.9 Å². The van der Waals surface area contributed by atoms with E-state index in [-0.39, 0.29) is 24.5 Å². The number of esters is 1. The summed E-state index contributed by atoms with van der Waals surface area (Å²) in [6, 6.07) is 22.8. The van der Waals surface area contributed by atoms with E-state index in [2.05, 4.69) is 0 Å². The highest BCUT2D eigenvalue weighted by Crippen LogP contribution is 2.44. The molecule has 0 bridgehead atoms. The third kappa shape index (κ3) is 4.68. The van der Waals surface area contributed by atoms with Crippen LogP contribution < -0.4 is 10.5 Å². The van der Waals surface area contributed by atoms with E-state index >= 15 is 0 Å². The van der Waals surface area contributed by atoms with Crippen molar-refractivity contribution >= 4 is 11.9 Å². The largest absolute Gasteiger partial charge is 0.488 e. The van der Waals surface area contributed by atoms with E-state index in [0.717, 1.165) is 22.3 Å². The lowest BCUT2D eigenvalue weighted by molar-refractivity contribution is -0.161. The van der Waals surface area contributed by atoms with Gasteiger partial charge in [0, 0.05) is 12.3 Å². The first-order chi connectivity index (χ1) is 16.1. The Labute approximate surface area is 199 Å². The van der Waals surface area contributed by atoms with Gasteiger partial charge in [0.15, 0.2) is 0 Å². The summed E-state index contributed by atoms with van der Waals surface area (Å²) in [6.45, 7) is 5.83. The van der Waals surface area contributed by atoms with Gasteiger partial charge in [-0.3, -0.25) is 0 Å². The van der Waals surface area contributed by atoms with E-state index in [1.54, 1.807) is 24.3 Å². The van der Waals surface area contributed by atoms with Gasteiger partial charge in [-0.2, -0.15) is 0 Å². The molecule has 0 saturated carbocycles. The van der Waals surface area contributed by atoms with Gasteiger partial charge in [-0.05, 0) is 60.7 Å². The number of ether oxygens (including phenoxy) is 2. The molecule has 0 amide bonds.